The smallest absolute Gasteiger partial charge is 0.240 e. The summed E-state index contributed by atoms with van der Waals surface area (Å²) in [6, 6.07) is 3.23. The van der Waals surface area contributed by atoms with Gasteiger partial charge in [0.2, 0.25) is 5.95 Å². The number of aromatic nitrogens is 3. The molecule has 116 valence electrons. The highest BCUT2D eigenvalue weighted by atomic mass is 16.6. The van der Waals surface area contributed by atoms with Crippen molar-refractivity contribution in [2.45, 2.75) is 23.9 Å². The molecular weight excluding hydrogens is 290 g/mol. The Balaban J connectivity index is 2.11. The molecule has 1 unspecified atom stereocenters. The van der Waals surface area contributed by atoms with Gasteiger partial charge in [0.15, 0.2) is 11.4 Å². The number of aliphatic hydroxyl groups excluding tert-OH is 3. The average Bonchev–Trinajstić information content (AvgIpc) is 3.01. The van der Waals surface area contributed by atoms with Gasteiger partial charge in [0.05, 0.1) is 12.3 Å². The molecule has 0 aromatic carbocycles. The number of nitrogens with two attached hydrogens (primary N) is 2. The lowest BCUT2D eigenvalue weighted by Gasteiger charge is -2.23. The van der Waals surface area contributed by atoms with Gasteiger partial charge in [-0.2, -0.15) is 4.98 Å². The zero-order valence-electron chi connectivity index (χ0n) is 11.4. The first-order valence-electron chi connectivity index (χ1n) is 6.46. The van der Waals surface area contributed by atoms with Crippen molar-refractivity contribution >= 4 is 17.3 Å². The SMILES string of the molecule is C#C[C@]1(CO)O[C@@H](c2ccc3c(N)nc(N)nn23)C(O)[C@H]1O. The Bertz CT molecular complexity index is 770. The third kappa shape index (κ3) is 1.83. The van der Waals surface area contributed by atoms with E-state index in [4.69, 9.17) is 22.6 Å². The van der Waals surface area contributed by atoms with Crippen molar-refractivity contribution < 1.29 is 20.1 Å². The van der Waals surface area contributed by atoms with Crippen molar-refractivity contribution in [2.24, 2.45) is 0 Å². The normalized spacial score (nSPS) is 31.5. The van der Waals surface area contributed by atoms with Crippen LogP contribution in [-0.2, 0) is 4.74 Å². The minimum atomic E-state index is -1.68. The summed E-state index contributed by atoms with van der Waals surface area (Å²) in [6.45, 7) is -0.638. The summed E-state index contributed by atoms with van der Waals surface area (Å²) < 4.78 is 6.92. The quantitative estimate of drug-likeness (QED) is 0.401. The van der Waals surface area contributed by atoms with Gasteiger partial charge in [0, 0.05) is 0 Å². The second-order valence-corrected chi connectivity index (χ2v) is 5.08. The number of aliphatic hydroxyl groups is 3. The van der Waals surface area contributed by atoms with Gasteiger partial charge in [-0.1, -0.05) is 5.92 Å². The van der Waals surface area contributed by atoms with Gasteiger partial charge < -0.3 is 31.5 Å². The van der Waals surface area contributed by atoms with Crippen LogP contribution in [0.4, 0.5) is 11.8 Å². The molecule has 0 radical (unpaired) electrons. The van der Waals surface area contributed by atoms with Crippen molar-refractivity contribution in [3.63, 3.8) is 0 Å². The summed E-state index contributed by atoms with van der Waals surface area (Å²) in [5.41, 5.74) is 10.5. The van der Waals surface area contributed by atoms with E-state index in [1.165, 1.54) is 4.52 Å². The maximum Gasteiger partial charge on any atom is 0.240 e. The van der Waals surface area contributed by atoms with Crippen LogP contribution in [0.15, 0.2) is 12.1 Å². The van der Waals surface area contributed by atoms with Crippen LogP contribution in [0.25, 0.3) is 5.52 Å². The van der Waals surface area contributed by atoms with Crippen molar-refractivity contribution in [1.29, 1.82) is 0 Å². The van der Waals surface area contributed by atoms with Gasteiger partial charge in [-0.05, 0) is 12.1 Å². The summed E-state index contributed by atoms with van der Waals surface area (Å²) in [6.07, 6.45) is 1.53. The lowest BCUT2D eigenvalue weighted by molar-refractivity contribution is -0.0732. The van der Waals surface area contributed by atoms with E-state index in [-0.39, 0.29) is 11.8 Å². The maximum atomic E-state index is 10.2. The molecule has 22 heavy (non-hydrogen) atoms. The number of nitrogen functional groups attached to an aromatic ring is 2. The first kappa shape index (κ1) is 14.6. The zero-order valence-corrected chi connectivity index (χ0v) is 11.4. The lowest BCUT2D eigenvalue weighted by Crippen LogP contribution is -2.44. The van der Waals surface area contributed by atoms with E-state index in [9.17, 15) is 15.3 Å². The van der Waals surface area contributed by atoms with Gasteiger partial charge in [0.1, 0.15) is 23.8 Å². The standard InChI is InChI=1S/C13H15N5O4/c1-2-13(5-19)10(21)8(20)9(22-13)6-3-4-7-11(14)16-12(15)17-18(6)7/h1,3-4,8-10,19-21H,5H2,(H4,14,15,16,17)/t8?,9-,10+,13+/m0/s1. The number of anilines is 2. The summed E-state index contributed by atoms with van der Waals surface area (Å²) in [5, 5.41) is 33.7. The Kier molecular flexibility index (Phi) is 3.19. The van der Waals surface area contributed by atoms with Gasteiger partial charge in [-0.25, -0.2) is 4.52 Å². The van der Waals surface area contributed by atoms with E-state index in [0.29, 0.717) is 11.2 Å². The van der Waals surface area contributed by atoms with Crippen LogP contribution in [-0.4, -0.2) is 54.3 Å². The number of hydrogen-bond acceptors (Lipinski definition) is 8. The van der Waals surface area contributed by atoms with E-state index < -0.39 is 30.5 Å². The van der Waals surface area contributed by atoms with Crippen LogP contribution in [0, 0.1) is 12.3 Å². The molecule has 0 spiro atoms. The molecule has 7 N–H and O–H groups in total. The molecule has 1 fully saturated rings. The molecule has 1 aliphatic rings. The minimum absolute atomic E-state index is 0.0548. The minimum Gasteiger partial charge on any atom is -0.392 e. The first-order chi connectivity index (χ1) is 10.4. The Hall–Kier alpha value is -2.38. The van der Waals surface area contributed by atoms with Crippen LogP contribution in [0.2, 0.25) is 0 Å². The number of fused-ring (bicyclic) bond motifs is 1. The monoisotopic (exact) mass is 305 g/mol. The third-order valence-electron chi connectivity index (χ3n) is 3.80. The molecular formula is C13H15N5O4. The van der Waals surface area contributed by atoms with E-state index >= 15 is 0 Å². The molecule has 1 saturated heterocycles. The van der Waals surface area contributed by atoms with Gasteiger partial charge in [-0.15, -0.1) is 11.5 Å². The fourth-order valence-corrected chi connectivity index (χ4v) is 2.61. The Morgan fingerprint density at radius 2 is 2.14 bits per heavy atom. The fourth-order valence-electron chi connectivity index (χ4n) is 2.61. The zero-order chi connectivity index (χ0) is 16.1. The highest BCUT2D eigenvalue weighted by molar-refractivity contribution is 5.67. The van der Waals surface area contributed by atoms with Crippen molar-refractivity contribution in [1.82, 2.24) is 14.6 Å². The molecule has 3 heterocycles. The third-order valence-corrected chi connectivity index (χ3v) is 3.80. The number of ether oxygens (including phenoxy) is 1. The number of rotatable bonds is 2. The molecule has 3 rings (SSSR count). The van der Waals surface area contributed by atoms with Crippen LogP contribution in [0.5, 0.6) is 0 Å². The number of hydrogen-bond donors (Lipinski definition) is 5. The van der Waals surface area contributed by atoms with Gasteiger partial charge in [-0.3, -0.25) is 0 Å². The van der Waals surface area contributed by atoms with Crippen LogP contribution in [0.1, 0.15) is 11.8 Å². The summed E-state index contributed by atoms with van der Waals surface area (Å²) in [7, 11) is 0. The molecule has 0 saturated carbocycles. The predicted molar refractivity (Wildman–Crippen MR) is 76.3 cm³/mol. The van der Waals surface area contributed by atoms with E-state index in [0.717, 1.165) is 0 Å². The maximum absolute atomic E-state index is 10.2. The first-order valence-corrected chi connectivity index (χ1v) is 6.46. The Morgan fingerprint density at radius 3 is 2.73 bits per heavy atom. The molecule has 2 aromatic rings. The number of terminal acetylenes is 1. The van der Waals surface area contributed by atoms with E-state index in [2.05, 4.69) is 16.0 Å². The van der Waals surface area contributed by atoms with Crippen molar-refractivity contribution in [3.8, 4) is 12.3 Å². The predicted octanol–water partition coefficient (Wildman–Crippen LogP) is -1.95. The topological polar surface area (TPSA) is 152 Å². The molecule has 9 heteroatoms. The van der Waals surface area contributed by atoms with E-state index in [1.54, 1.807) is 12.1 Å². The molecule has 2 aromatic heterocycles. The van der Waals surface area contributed by atoms with Gasteiger partial charge >= 0.3 is 0 Å². The summed E-state index contributed by atoms with van der Waals surface area (Å²) in [4.78, 5) is 3.84. The van der Waals surface area contributed by atoms with Crippen LogP contribution in [0.3, 0.4) is 0 Å². The van der Waals surface area contributed by atoms with E-state index in [1.807, 2.05) is 0 Å². The highest BCUT2D eigenvalue weighted by Gasteiger charge is 2.54. The lowest BCUT2D eigenvalue weighted by atomic mass is 9.96. The molecule has 9 nitrogen and oxygen atoms in total. The molecule has 1 aliphatic heterocycles. The largest absolute Gasteiger partial charge is 0.392 e. The van der Waals surface area contributed by atoms with Crippen LogP contribution < -0.4 is 11.5 Å². The summed E-state index contributed by atoms with van der Waals surface area (Å²) >= 11 is 0. The average molecular weight is 305 g/mol. The Labute approximate surface area is 125 Å². The molecule has 4 atom stereocenters. The summed E-state index contributed by atoms with van der Waals surface area (Å²) in [5.74, 6) is 2.31. The number of nitrogens with zero attached hydrogens (tertiary/aromatic N) is 3. The molecule has 0 bridgehead atoms. The van der Waals surface area contributed by atoms with Crippen LogP contribution >= 0.6 is 0 Å². The van der Waals surface area contributed by atoms with Gasteiger partial charge in [0.25, 0.3) is 0 Å². The highest BCUT2D eigenvalue weighted by Crippen LogP contribution is 2.40. The second-order valence-electron chi connectivity index (χ2n) is 5.08. The second kappa shape index (κ2) is 4.82. The fraction of sp³-hybridized carbons (Fsp3) is 0.385. The molecule has 0 amide bonds. The van der Waals surface area contributed by atoms with Crippen molar-refractivity contribution in [2.75, 3.05) is 18.1 Å². The van der Waals surface area contributed by atoms with Crippen molar-refractivity contribution in [3.05, 3.63) is 17.8 Å². The Morgan fingerprint density at radius 1 is 1.41 bits per heavy atom. The molecule has 0 aliphatic carbocycles.